The summed E-state index contributed by atoms with van der Waals surface area (Å²) in [4.78, 5) is 0. The van der Waals surface area contributed by atoms with Gasteiger partial charge in [0.2, 0.25) is 0 Å². The van der Waals surface area contributed by atoms with Crippen LogP contribution in [-0.4, -0.2) is 29.8 Å². The molecule has 0 aromatic carbocycles. The van der Waals surface area contributed by atoms with E-state index in [-0.39, 0.29) is 6.10 Å². The average Bonchev–Trinajstić information content (AvgIpc) is 2.35. The van der Waals surface area contributed by atoms with Crippen LogP contribution < -0.4 is 11.1 Å². The van der Waals surface area contributed by atoms with Crippen molar-refractivity contribution in [1.82, 2.24) is 5.32 Å². The predicted molar refractivity (Wildman–Crippen MR) is 49.9 cm³/mol. The van der Waals surface area contributed by atoms with Crippen molar-refractivity contribution >= 4 is 0 Å². The molecule has 0 heterocycles. The molecule has 1 aliphatic rings. The lowest BCUT2D eigenvalue weighted by Gasteiger charge is -2.12. The molecule has 0 aromatic heterocycles. The number of hydrogen-bond donors (Lipinski definition) is 3. The lowest BCUT2D eigenvalue weighted by molar-refractivity contribution is 0.182. The van der Waals surface area contributed by atoms with E-state index in [1.807, 2.05) is 6.92 Å². The second-order valence-corrected chi connectivity index (χ2v) is 3.86. The van der Waals surface area contributed by atoms with Crippen molar-refractivity contribution in [3.8, 4) is 0 Å². The Morgan fingerprint density at radius 1 is 1.58 bits per heavy atom. The van der Waals surface area contributed by atoms with Crippen LogP contribution in [0.3, 0.4) is 0 Å². The third-order valence-corrected chi connectivity index (χ3v) is 2.47. The standard InChI is InChI=1S/C9H20N2O/c1-7(12)4-5-11-9-3-2-8(10)6-9/h7-9,11-12H,2-6,10H2,1H3. The molecule has 3 heteroatoms. The fraction of sp³-hybridized carbons (Fsp3) is 1.00. The monoisotopic (exact) mass is 172 g/mol. The molecule has 72 valence electrons. The second kappa shape index (κ2) is 4.80. The number of hydrogen-bond acceptors (Lipinski definition) is 3. The molecule has 3 nitrogen and oxygen atoms in total. The Morgan fingerprint density at radius 3 is 2.83 bits per heavy atom. The minimum atomic E-state index is -0.187. The van der Waals surface area contributed by atoms with E-state index >= 15 is 0 Å². The van der Waals surface area contributed by atoms with Crippen LogP contribution in [0.2, 0.25) is 0 Å². The number of nitrogens with one attached hydrogen (secondary N) is 1. The highest BCUT2D eigenvalue weighted by Gasteiger charge is 2.20. The summed E-state index contributed by atoms with van der Waals surface area (Å²) in [5.74, 6) is 0. The molecule has 3 atom stereocenters. The molecular formula is C9H20N2O. The number of aliphatic hydroxyl groups excluding tert-OH is 1. The zero-order chi connectivity index (χ0) is 8.97. The summed E-state index contributed by atoms with van der Waals surface area (Å²) < 4.78 is 0. The quantitative estimate of drug-likeness (QED) is 0.569. The van der Waals surface area contributed by atoms with Crippen molar-refractivity contribution in [1.29, 1.82) is 0 Å². The molecule has 0 spiro atoms. The van der Waals surface area contributed by atoms with E-state index in [9.17, 15) is 0 Å². The van der Waals surface area contributed by atoms with Crippen LogP contribution in [0.25, 0.3) is 0 Å². The summed E-state index contributed by atoms with van der Waals surface area (Å²) >= 11 is 0. The maximum Gasteiger partial charge on any atom is 0.0524 e. The Kier molecular flexibility index (Phi) is 3.98. The first-order valence-electron chi connectivity index (χ1n) is 4.85. The molecule has 1 aliphatic carbocycles. The molecule has 1 rings (SSSR count). The minimum Gasteiger partial charge on any atom is -0.393 e. The van der Waals surface area contributed by atoms with Crippen molar-refractivity contribution < 1.29 is 5.11 Å². The first-order valence-corrected chi connectivity index (χ1v) is 4.85. The first kappa shape index (κ1) is 9.96. The van der Waals surface area contributed by atoms with E-state index in [0.717, 1.165) is 25.8 Å². The Labute approximate surface area is 74.3 Å². The van der Waals surface area contributed by atoms with Gasteiger partial charge >= 0.3 is 0 Å². The van der Waals surface area contributed by atoms with Crippen molar-refractivity contribution in [2.75, 3.05) is 6.54 Å². The SMILES string of the molecule is CC(O)CCNC1CCC(N)C1. The van der Waals surface area contributed by atoms with Gasteiger partial charge in [-0.05, 0) is 39.2 Å². The van der Waals surface area contributed by atoms with Crippen molar-refractivity contribution in [2.24, 2.45) is 5.73 Å². The average molecular weight is 172 g/mol. The summed E-state index contributed by atoms with van der Waals surface area (Å²) in [5, 5.41) is 12.4. The second-order valence-electron chi connectivity index (χ2n) is 3.86. The third-order valence-electron chi connectivity index (χ3n) is 2.47. The van der Waals surface area contributed by atoms with Gasteiger partial charge in [-0.3, -0.25) is 0 Å². The Bertz CT molecular complexity index is 128. The predicted octanol–water partition coefficient (Wildman–Crippen LogP) is 0.227. The summed E-state index contributed by atoms with van der Waals surface area (Å²) in [5.41, 5.74) is 5.77. The van der Waals surface area contributed by atoms with Crippen LogP contribution in [-0.2, 0) is 0 Å². The van der Waals surface area contributed by atoms with Crippen LogP contribution in [0.5, 0.6) is 0 Å². The number of nitrogens with two attached hydrogens (primary N) is 1. The van der Waals surface area contributed by atoms with Crippen LogP contribution in [0.1, 0.15) is 32.6 Å². The van der Waals surface area contributed by atoms with Crippen molar-refractivity contribution in [3.05, 3.63) is 0 Å². The van der Waals surface area contributed by atoms with E-state index in [4.69, 9.17) is 10.8 Å². The summed E-state index contributed by atoms with van der Waals surface area (Å²) in [6.07, 6.45) is 4.09. The van der Waals surface area contributed by atoms with E-state index in [1.54, 1.807) is 0 Å². The van der Waals surface area contributed by atoms with E-state index < -0.39 is 0 Å². The van der Waals surface area contributed by atoms with E-state index in [0.29, 0.717) is 12.1 Å². The molecule has 0 aromatic rings. The summed E-state index contributed by atoms with van der Waals surface area (Å²) in [6, 6.07) is 0.993. The summed E-state index contributed by atoms with van der Waals surface area (Å²) in [7, 11) is 0. The summed E-state index contributed by atoms with van der Waals surface area (Å²) in [6.45, 7) is 2.73. The molecule has 0 saturated heterocycles. The van der Waals surface area contributed by atoms with Gasteiger partial charge in [0, 0.05) is 12.1 Å². The lowest BCUT2D eigenvalue weighted by atomic mass is 10.2. The number of aliphatic hydroxyl groups is 1. The molecule has 0 radical (unpaired) electrons. The zero-order valence-electron chi connectivity index (χ0n) is 7.79. The van der Waals surface area contributed by atoms with Crippen molar-refractivity contribution in [2.45, 2.75) is 50.8 Å². The highest BCUT2D eigenvalue weighted by molar-refractivity contribution is 4.82. The van der Waals surface area contributed by atoms with Gasteiger partial charge < -0.3 is 16.2 Å². The van der Waals surface area contributed by atoms with Crippen LogP contribution in [0.15, 0.2) is 0 Å². The minimum absolute atomic E-state index is 0.187. The molecule has 0 amide bonds. The zero-order valence-corrected chi connectivity index (χ0v) is 7.79. The number of rotatable bonds is 4. The first-order chi connectivity index (χ1) is 5.68. The van der Waals surface area contributed by atoms with Crippen LogP contribution in [0, 0.1) is 0 Å². The van der Waals surface area contributed by atoms with Gasteiger partial charge in [-0.25, -0.2) is 0 Å². The Hall–Kier alpha value is -0.120. The molecule has 1 fully saturated rings. The van der Waals surface area contributed by atoms with Crippen molar-refractivity contribution in [3.63, 3.8) is 0 Å². The van der Waals surface area contributed by atoms with Gasteiger partial charge in [0.25, 0.3) is 0 Å². The largest absolute Gasteiger partial charge is 0.393 e. The highest BCUT2D eigenvalue weighted by Crippen LogP contribution is 2.16. The molecule has 3 unspecified atom stereocenters. The van der Waals surface area contributed by atoms with Gasteiger partial charge in [0.15, 0.2) is 0 Å². The lowest BCUT2D eigenvalue weighted by Crippen LogP contribution is -2.30. The van der Waals surface area contributed by atoms with Gasteiger partial charge in [-0.15, -0.1) is 0 Å². The van der Waals surface area contributed by atoms with Gasteiger partial charge in [0.1, 0.15) is 0 Å². The molecule has 1 saturated carbocycles. The van der Waals surface area contributed by atoms with Crippen LogP contribution in [0.4, 0.5) is 0 Å². The van der Waals surface area contributed by atoms with Gasteiger partial charge in [-0.2, -0.15) is 0 Å². The normalized spacial score (nSPS) is 32.2. The fourth-order valence-electron chi connectivity index (χ4n) is 1.70. The Morgan fingerprint density at radius 2 is 2.33 bits per heavy atom. The Balaban J connectivity index is 2.00. The highest BCUT2D eigenvalue weighted by atomic mass is 16.3. The van der Waals surface area contributed by atoms with Crippen LogP contribution >= 0.6 is 0 Å². The van der Waals surface area contributed by atoms with E-state index in [1.165, 1.54) is 6.42 Å². The molecule has 4 N–H and O–H groups in total. The maximum absolute atomic E-state index is 9.01. The molecule has 12 heavy (non-hydrogen) atoms. The topological polar surface area (TPSA) is 58.3 Å². The van der Waals surface area contributed by atoms with Gasteiger partial charge in [0.05, 0.1) is 6.10 Å². The third kappa shape index (κ3) is 3.52. The van der Waals surface area contributed by atoms with Gasteiger partial charge in [-0.1, -0.05) is 0 Å². The molecule has 0 aliphatic heterocycles. The van der Waals surface area contributed by atoms with E-state index in [2.05, 4.69) is 5.32 Å². The smallest absolute Gasteiger partial charge is 0.0524 e. The molecular weight excluding hydrogens is 152 g/mol. The maximum atomic E-state index is 9.01. The molecule has 0 bridgehead atoms. The fourth-order valence-corrected chi connectivity index (χ4v) is 1.70.